The van der Waals surface area contributed by atoms with Crippen LogP contribution in [0.3, 0.4) is 0 Å². The number of primary amides is 2. The van der Waals surface area contributed by atoms with Crippen molar-refractivity contribution in [3.8, 4) is 11.1 Å². The van der Waals surface area contributed by atoms with Gasteiger partial charge in [-0.05, 0) is 113 Å². The molecular weight excluding hydrogens is 1940 g/mol. The molecule has 26 N–H and O–H groups in total. The number of aryl methyl sites for hydroxylation is 1. The zero-order valence-electron chi connectivity index (χ0n) is 86.6. The van der Waals surface area contributed by atoms with Gasteiger partial charge in [0.1, 0.15) is 104 Å². The normalized spacial score (nSPS) is 20.3. The molecule has 0 bridgehead atoms. The minimum Gasteiger partial charge on any atom is -0.461 e. The number of nitrogens with two attached hydrogens (primary N) is 2. The van der Waals surface area contributed by atoms with Gasteiger partial charge in [0.25, 0.3) is 0 Å². The standard InChI is InChI=1S/C31H51N9O8.2C25H39N9O7.C16H15NO2/c1-9-14-48-25(42)11-10-22(36-20(5)41)29(45)38-24(15-21-16-34-17-40(21)8)30(46)35-19(4)27(43)39-26(18(2)3)31(47)37-23(12-13-32-6)28(44)33-7;2*1-12(2)20-25(41)32-16(21(26)37)7-8-28-19(36)6-5-17(31-14(4)35)23(39)33-18(9-15-10-27-11-29-15)24(40)30-13(3)22(38)34-20;1-17-16(18)19-10-15-13-8-4-2-6-11(13)12-7-3-5-9-14(12)15/h9,16-19,22-24,26,32H,1,10-15H2,2-8H3,(H,33,44)(H,35,46)(H,36,41)(H,37,47)(H,38,45)(H,39,43);2*10-13,16-18,20H,5-9H2,1-4H3,(H2,26,37)(H,27,29)(H,28,36)(H,30,40)(H,31,35)(H,32,41)(H,33,39)(H,34,38);2-9,15H,10H2,1H3,(H,17,18)/t19-,22-,23-,24-,26-;2*13-,16?,17?,18-,20-;/m000./s1. The lowest BCUT2D eigenvalue weighted by Crippen LogP contribution is -2.59. The lowest BCUT2D eigenvalue weighted by molar-refractivity contribution is -0.143. The molecule has 5 aromatic rings. The average molecular weight is 2090 g/mol. The molecule has 4 unspecified atom stereocenters. The van der Waals surface area contributed by atoms with Crippen molar-refractivity contribution in [1.82, 2.24) is 136 Å². The molecule has 2 aliphatic heterocycles. The van der Waals surface area contributed by atoms with Crippen LogP contribution >= 0.6 is 0 Å². The second kappa shape index (κ2) is 62.7. The fourth-order valence-corrected chi connectivity index (χ4v) is 15.3. The summed E-state index contributed by atoms with van der Waals surface area (Å²) >= 11 is 0. The monoisotopic (exact) mass is 2090 g/mol. The van der Waals surface area contributed by atoms with E-state index >= 15 is 0 Å². The predicted octanol–water partition coefficient (Wildman–Crippen LogP) is -5.18. The number of rotatable bonds is 33. The van der Waals surface area contributed by atoms with Crippen LogP contribution in [0, 0.1) is 17.8 Å². The molecule has 52 heteroatoms. The van der Waals surface area contributed by atoms with E-state index < -0.39 is 221 Å². The van der Waals surface area contributed by atoms with E-state index in [1.807, 2.05) is 24.3 Å². The number of amides is 21. The first-order chi connectivity index (χ1) is 70.5. The third-order valence-corrected chi connectivity index (χ3v) is 23.5. The maximum Gasteiger partial charge on any atom is 0.406 e. The van der Waals surface area contributed by atoms with E-state index in [0.717, 1.165) is 0 Å². The van der Waals surface area contributed by atoms with Gasteiger partial charge in [-0.2, -0.15) is 0 Å². The van der Waals surface area contributed by atoms with Gasteiger partial charge in [-0.25, -0.2) is 19.7 Å². The fourth-order valence-electron chi connectivity index (χ4n) is 15.3. The number of esters is 1. The molecule has 52 nitrogen and oxygen atoms in total. The zero-order valence-corrected chi connectivity index (χ0v) is 86.6. The van der Waals surface area contributed by atoms with E-state index in [1.165, 1.54) is 114 Å². The molecule has 5 heterocycles. The molecule has 2 fully saturated rings. The van der Waals surface area contributed by atoms with Gasteiger partial charge in [-0.3, -0.25) is 101 Å². The van der Waals surface area contributed by atoms with Crippen molar-refractivity contribution in [3.63, 3.8) is 0 Å². The van der Waals surface area contributed by atoms with Crippen molar-refractivity contribution < 1.29 is 115 Å². The lowest BCUT2D eigenvalue weighted by atomic mass is 9.98. The lowest BCUT2D eigenvalue weighted by Gasteiger charge is -2.27. The van der Waals surface area contributed by atoms with Crippen molar-refractivity contribution in [1.29, 1.82) is 0 Å². The number of hydrogen-bond donors (Lipinski definition) is 24. The Morgan fingerprint density at radius 3 is 1.36 bits per heavy atom. The molecule has 15 atom stereocenters. The summed E-state index contributed by atoms with van der Waals surface area (Å²) in [6, 6.07) is -0.173. The third-order valence-electron chi connectivity index (χ3n) is 23.5. The fraction of sp³-hybridized carbons (Fsp3) is 0.536. The molecule has 816 valence electrons. The highest BCUT2D eigenvalue weighted by Gasteiger charge is 2.40. The number of fused-ring (bicyclic) bond motifs is 3. The van der Waals surface area contributed by atoms with E-state index in [0.29, 0.717) is 36.7 Å². The minimum absolute atomic E-state index is 0.00959. The second-order valence-corrected chi connectivity index (χ2v) is 36.5. The van der Waals surface area contributed by atoms with Gasteiger partial charge < -0.3 is 142 Å². The first-order valence-electron chi connectivity index (χ1n) is 48.6. The number of aromatic nitrogens is 6. The summed E-state index contributed by atoms with van der Waals surface area (Å²) in [5.74, 6) is -14.5. The molecular formula is C97H144N28O24. The van der Waals surface area contributed by atoms with E-state index in [-0.39, 0.29) is 114 Å². The summed E-state index contributed by atoms with van der Waals surface area (Å²) in [4.78, 5) is 295. The summed E-state index contributed by atoms with van der Waals surface area (Å²) in [5.41, 5.74) is 17.4. The van der Waals surface area contributed by atoms with Crippen LogP contribution in [0.25, 0.3) is 11.1 Å². The van der Waals surface area contributed by atoms with Crippen molar-refractivity contribution in [2.75, 3.05) is 54.0 Å². The zero-order chi connectivity index (χ0) is 111. The number of aromatic amines is 2. The molecule has 21 amide bonds. The van der Waals surface area contributed by atoms with Crippen LogP contribution in [0.1, 0.15) is 175 Å². The summed E-state index contributed by atoms with van der Waals surface area (Å²) < 4.78 is 11.8. The Kier molecular flexibility index (Phi) is 51.9. The molecule has 0 saturated carbocycles. The number of hydrogen-bond acceptors (Lipinski definition) is 28. The predicted molar refractivity (Wildman–Crippen MR) is 538 cm³/mol. The van der Waals surface area contributed by atoms with Gasteiger partial charge >= 0.3 is 12.1 Å². The number of benzene rings is 2. The number of nitrogens with one attached hydrogen (secondary N) is 22. The van der Waals surface area contributed by atoms with Crippen LogP contribution in [-0.4, -0.2) is 304 Å². The first kappa shape index (κ1) is 123. The van der Waals surface area contributed by atoms with E-state index in [1.54, 1.807) is 67.3 Å². The number of imidazole rings is 3. The molecule has 0 radical (unpaired) electrons. The Hall–Kier alpha value is -16.1. The Balaban J connectivity index is 0.000000361. The molecule has 149 heavy (non-hydrogen) atoms. The van der Waals surface area contributed by atoms with Gasteiger partial charge in [-0.15, -0.1) is 0 Å². The Morgan fingerprint density at radius 1 is 0.497 bits per heavy atom. The molecule has 3 aromatic heterocycles. The Morgan fingerprint density at radius 2 is 0.960 bits per heavy atom. The SMILES string of the molecule is C=CCOC(=O)CC[C@H](NC(C)=O)C(=O)N[C@@H](Cc1cncn1C)C(=O)N[C@@H](C)C(=O)N[C@H](C(=O)N[C@@H](CCNC)C(=O)NC)C(C)C.CC(=O)NC1CCC(=O)NCCC(C(N)=O)NC(=O)[C@H](C(C)C)NC(=O)[C@H](C)NC(=O)[C@H](Cc2cnc[nH]2)NC1=O.CC(=O)NC1CCC(=O)NCCC(C(N)=O)NC(=O)[C@H](C(C)C)NC(=O)[C@H](C)NC(=O)[C@H](Cc2cnc[nH]2)NC1=O.CNC(=O)OCC1c2ccccc2-c2ccccc21. The topological polar surface area (TPSA) is 762 Å². The van der Waals surface area contributed by atoms with Crippen LogP contribution in [0.15, 0.2) is 98.8 Å². The van der Waals surface area contributed by atoms with Gasteiger partial charge in [0, 0.05) is 135 Å². The summed E-state index contributed by atoms with van der Waals surface area (Å²) in [7, 11) is 6.44. The summed E-state index contributed by atoms with van der Waals surface area (Å²) in [6.07, 6.45) is 9.12. The average Bonchev–Trinajstić information content (AvgIpc) is 1.61. The number of alkyl carbamates (subject to hydrolysis) is 1. The van der Waals surface area contributed by atoms with Crippen molar-refractivity contribution in [2.45, 2.75) is 257 Å². The van der Waals surface area contributed by atoms with Crippen molar-refractivity contribution in [3.05, 3.63) is 127 Å². The van der Waals surface area contributed by atoms with Crippen LogP contribution in [0.4, 0.5) is 4.79 Å². The first-order valence-corrected chi connectivity index (χ1v) is 48.6. The van der Waals surface area contributed by atoms with E-state index in [9.17, 15) is 105 Å². The Bertz CT molecular complexity index is 5220. The van der Waals surface area contributed by atoms with E-state index in [2.05, 4.69) is 162 Å². The maximum atomic E-state index is 13.5. The molecule has 2 aromatic carbocycles. The van der Waals surface area contributed by atoms with Crippen LogP contribution in [0.5, 0.6) is 0 Å². The summed E-state index contributed by atoms with van der Waals surface area (Å²) in [6.45, 7) is 22.3. The highest BCUT2D eigenvalue weighted by molar-refractivity contribution is 6.01. The maximum absolute atomic E-state index is 13.5. The molecule has 1 aliphatic carbocycles. The Labute approximate surface area is 862 Å². The molecule has 3 aliphatic rings. The molecule has 2 saturated heterocycles. The number of carbonyl (C=O) groups is 22. The van der Waals surface area contributed by atoms with Crippen molar-refractivity contribution in [2.24, 2.45) is 36.3 Å². The quantitative estimate of drug-likeness (QED) is 0.0138. The van der Waals surface area contributed by atoms with Crippen molar-refractivity contribution >= 4 is 130 Å². The third kappa shape index (κ3) is 42.1. The van der Waals surface area contributed by atoms with Gasteiger partial charge in [-0.1, -0.05) is 103 Å². The highest BCUT2D eigenvalue weighted by Crippen LogP contribution is 2.44. The smallest absolute Gasteiger partial charge is 0.406 e. The number of H-pyrrole nitrogens is 2. The van der Waals surface area contributed by atoms with E-state index in [4.69, 9.17) is 20.9 Å². The highest BCUT2D eigenvalue weighted by atomic mass is 16.5. The summed E-state index contributed by atoms with van der Waals surface area (Å²) in [5, 5.41) is 51.5. The van der Waals surface area contributed by atoms with Gasteiger partial charge in [0.05, 0.1) is 19.0 Å². The number of ether oxygens (including phenoxy) is 2. The number of carbonyl (C=O) groups excluding carboxylic acids is 22. The van der Waals surface area contributed by atoms with Crippen LogP contribution in [-0.2, 0) is 136 Å². The molecule has 8 rings (SSSR count). The minimum atomic E-state index is -1.23. The van der Waals surface area contributed by atoms with Gasteiger partial charge in [0.15, 0.2) is 0 Å². The van der Waals surface area contributed by atoms with Crippen LogP contribution in [0.2, 0.25) is 0 Å². The number of nitrogens with zero attached hydrogens (tertiary/aromatic N) is 4. The molecule has 0 spiro atoms. The van der Waals surface area contributed by atoms with Gasteiger partial charge in [0.2, 0.25) is 118 Å². The van der Waals surface area contributed by atoms with Crippen LogP contribution < -0.4 is 118 Å². The number of likely N-dealkylation sites (N-methyl/N-ethyl adjacent to an activating group) is 1. The largest absolute Gasteiger partial charge is 0.461 e. The second-order valence-electron chi connectivity index (χ2n) is 36.5.